The molecule has 0 aliphatic carbocycles. The first-order valence-electron chi connectivity index (χ1n) is 6.00. The Morgan fingerprint density at radius 3 is 2.38 bits per heavy atom. The molecule has 0 radical (unpaired) electrons. The van der Waals surface area contributed by atoms with Gasteiger partial charge in [0, 0.05) is 0 Å². The quantitative estimate of drug-likeness (QED) is 0.515. The first kappa shape index (κ1) is 13.9. The zero-order chi connectivity index (χ0) is 11.8. The maximum atomic E-state index is 8.03. The average molecular weight is 234 g/mol. The van der Waals surface area contributed by atoms with Gasteiger partial charge < -0.3 is 9.47 Å². The first-order chi connectivity index (χ1) is 7.80. The summed E-state index contributed by atoms with van der Waals surface area (Å²) in [7, 11) is 0. The van der Waals surface area contributed by atoms with Gasteiger partial charge in [0.2, 0.25) is 0 Å². The summed E-state index contributed by atoms with van der Waals surface area (Å²) in [5.74, 6) is 0. The third kappa shape index (κ3) is 4.76. The maximum absolute atomic E-state index is 8.03. The van der Waals surface area contributed by atoms with Gasteiger partial charge in [-0.25, -0.2) is 10.1 Å². The molecule has 16 heavy (non-hydrogen) atoms. The van der Waals surface area contributed by atoms with Crippen molar-refractivity contribution < 1.29 is 24.7 Å². The van der Waals surface area contributed by atoms with E-state index in [9.17, 15) is 0 Å². The molecule has 5 heteroatoms. The van der Waals surface area contributed by atoms with Crippen LogP contribution in [-0.4, -0.2) is 36.8 Å². The standard InChI is InChI=1S/C11H22O5/c1-3-9(4-2)13-7-10-5-6-11(15-10)8-14-16-12/h9-12H,3-8H2,1-2H3. The van der Waals surface area contributed by atoms with Gasteiger partial charge in [0.05, 0.1) is 24.9 Å². The number of rotatable bonds is 8. The molecule has 1 saturated heterocycles. The Morgan fingerprint density at radius 1 is 1.19 bits per heavy atom. The lowest BCUT2D eigenvalue weighted by Gasteiger charge is -2.18. The number of ether oxygens (including phenoxy) is 2. The van der Waals surface area contributed by atoms with E-state index in [2.05, 4.69) is 23.8 Å². The Morgan fingerprint density at radius 2 is 1.81 bits per heavy atom. The molecule has 0 amide bonds. The summed E-state index contributed by atoms with van der Waals surface area (Å²) in [4.78, 5) is 4.42. The summed E-state index contributed by atoms with van der Waals surface area (Å²) >= 11 is 0. The third-order valence-corrected chi connectivity index (χ3v) is 2.93. The van der Waals surface area contributed by atoms with E-state index in [1.807, 2.05) is 0 Å². The highest BCUT2D eigenvalue weighted by Crippen LogP contribution is 2.21. The van der Waals surface area contributed by atoms with Gasteiger partial charge in [-0.15, -0.1) is 0 Å². The van der Waals surface area contributed by atoms with Crippen molar-refractivity contribution in [1.82, 2.24) is 0 Å². The van der Waals surface area contributed by atoms with Crippen LogP contribution in [0.25, 0.3) is 0 Å². The molecule has 96 valence electrons. The zero-order valence-corrected chi connectivity index (χ0v) is 10.1. The smallest absolute Gasteiger partial charge is 0.112 e. The van der Waals surface area contributed by atoms with Crippen LogP contribution >= 0.6 is 0 Å². The third-order valence-electron chi connectivity index (χ3n) is 2.93. The van der Waals surface area contributed by atoms with Crippen molar-refractivity contribution in [3.05, 3.63) is 0 Å². The molecule has 0 aromatic carbocycles. The van der Waals surface area contributed by atoms with E-state index in [1.165, 1.54) is 0 Å². The van der Waals surface area contributed by atoms with E-state index in [0.29, 0.717) is 12.7 Å². The second kappa shape index (κ2) is 7.97. The van der Waals surface area contributed by atoms with Crippen LogP contribution in [0.2, 0.25) is 0 Å². The highest BCUT2D eigenvalue weighted by Gasteiger charge is 2.26. The van der Waals surface area contributed by atoms with Crippen LogP contribution in [0, 0.1) is 0 Å². The topological polar surface area (TPSA) is 57.2 Å². The van der Waals surface area contributed by atoms with Crippen LogP contribution in [0.3, 0.4) is 0 Å². The molecule has 5 nitrogen and oxygen atoms in total. The Bertz CT molecular complexity index is 172. The minimum absolute atomic E-state index is 0.00227. The molecule has 1 fully saturated rings. The minimum Gasteiger partial charge on any atom is -0.376 e. The second-order valence-corrected chi connectivity index (χ2v) is 4.09. The van der Waals surface area contributed by atoms with Crippen LogP contribution in [0.5, 0.6) is 0 Å². The fourth-order valence-electron chi connectivity index (χ4n) is 1.90. The Balaban J connectivity index is 2.11. The van der Waals surface area contributed by atoms with Gasteiger partial charge in [-0.1, -0.05) is 18.9 Å². The van der Waals surface area contributed by atoms with Gasteiger partial charge in [-0.05, 0) is 25.7 Å². The molecule has 0 bridgehead atoms. The van der Waals surface area contributed by atoms with Crippen LogP contribution in [-0.2, 0) is 19.4 Å². The van der Waals surface area contributed by atoms with E-state index in [4.69, 9.17) is 14.7 Å². The summed E-state index contributed by atoms with van der Waals surface area (Å²) < 4.78 is 11.4. The van der Waals surface area contributed by atoms with Crippen LogP contribution < -0.4 is 0 Å². The summed E-state index contributed by atoms with van der Waals surface area (Å²) in [6, 6.07) is 0. The summed E-state index contributed by atoms with van der Waals surface area (Å²) in [6.45, 7) is 5.15. The van der Waals surface area contributed by atoms with E-state index in [1.54, 1.807) is 0 Å². The Labute approximate surface area is 96.5 Å². The Kier molecular flexibility index (Phi) is 6.91. The van der Waals surface area contributed by atoms with E-state index < -0.39 is 0 Å². The second-order valence-electron chi connectivity index (χ2n) is 4.09. The largest absolute Gasteiger partial charge is 0.376 e. The lowest BCUT2D eigenvalue weighted by atomic mass is 10.2. The fourth-order valence-corrected chi connectivity index (χ4v) is 1.90. The molecule has 0 aromatic heterocycles. The predicted molar refractivity (Wildman–Crippen MR) is 57.9 cm³/mol. The van der Waals surface area contributed by atoms with Gasteiger partial charge in [0.1, 0.15) is 6.61 Å². The highest BCUT2D eigenvalue weighted by atomic mass is 17.5. The van der Waals surface area contributed by atoms with Crippen molar-refractivity contribution in [2.24, 2.45) is 0 Å². The van der Waals surface area contributed by atoms with Gasteiger partial charge in [-0.2, -0.15) is 0 Å². The predicted octanol–water partition coefficient (Wildman–Crippen LogP) is 2.16. The fraction of sp³-hybridized carbons (Fsp3) is 1.00. The van der Waals surface area contributed by atoms with Crippen molar-refractivity contribution in [2.75, 3.05) is 13.2 Å². The van der Waals surface area contributed by atoms with Crippen molar-refractivity contribution in [2.45, 2.75) is 57.8 Å². The molecule has 1 rings (SSSR count). The molecular formula is C11H22O5. The number of hydrogen-bond donors (Lipinski definition) is 1. The van der Waals surface area contributed by atoms with E-state index in [0.717, 1.165) is 25.7 Å². The lowest BCUT2D eigenvalue weighted by Crippen LogP contribution is -2.23. The van der Waals surface area contributed by atoms with E-state index in [-0.39, 0.29) is 18.8 Å². The molecule has 2 unspecified atom stereocenters. The molecular weight excluding hydrogens is 212 g/mol. The van der Waals surface area contributed by atoms with Gasteiger partial charge in [0.25, 0.3) is 0 Å². The molecule has 0 spiro atoms. The summed E-state index contributed by atoms with van der Waals surface area (Å²) in [5.41, 5.74) is 0. The average Bonchev–Trinajstić information content (AvgIpc) is 2.76. The summed E-state index contributed by atoms with van der Waals surface area (Å²) in [5, 5.41) is 11.6. The van der Waals surface area contributed by atoms with Gasteiger partial charge >= 0.3 is 0 Å². The van der Waals surface area contributed by atoms with Crippen LogP contribution in [0.1, 0.15) is 39.5 Å². The van der Waals surface area contributed by atoms with Gasteiger partial charge in [-0.3, -0.25) is 0 Å². The molecule has 1 N–H and O–H groups in total. The van der Waals surface area contributed by atoms with Crippen LogP contribution in [0.15, 0.2) is 0 Å². The highest BCUT2D eigenvalue weighted by molar-refractivity contribution is 4.73. The maximum Gasteiger partial charge on any atom is 0.112 e. The summed E-state index contributed by atoms with van der Waals surface area (Å²) in [6.07, 6.45) is 4.44. The first-order valence-corrected chi connectivity index (χ1v) is 6.00. The minimum atomic E-state index is 0.00227. The van der Waals surface area contributed by atoms with Gasteiger partial charge in [0.15, 0.2) is 0 Å². The molecule has 2 atom stereocenters. The number of hydrogen-bond acceptors (Lipinski definition) is 5. The molecule has 0 aromatic rings. The molecule has 0 saturated carbocycles. The lowest BCUT2D eigenvalue weighted by molar-refractivity contribution is -0.494. The zero-order valence-electron chi connectivity index (χ0n) is 10.1. The van der Waals surface area contributed by atoms with Crippen molar-refractivity contribution in [3.63, 3.8) is 0 Å². The van der Waals surface area contributed by atoms with E-state index >= 15 is 0 Å². The van der Waals surface area contributed by atoms with Crippen molar-refractivity contribution >= 4 is 0 Å². The normalized spacial score (nSPS) is 25.5. The Hall–Kier alpha value is -0.200. The van der Waals surface area contributed by atoms with Crippen molar-refractivity contribution in [1.29, 1.82) is 0 Å². The SMILES string of the molecule is CCC(CC)OCC1CCC(COOO)O1. The monoisotopic (exact) mass is 234 g/mol. The molecule has 1 heterocycles. The molecule has 1 aliphatic heterocycles. The van der Waals surface area contributed by atoms with Crippen LogP contribution in [0.4, 0.5) is 0 Å². The van der Waals surface area contributed by atoms with Crippen molar-refractivity contribution in [3.8, 4) is 0 Å². The molecule has 1 aliphatic rings.